The number of rotatable bonds is 1. The first-order valence-corrected chi connectivity index (χ1v) is 9.87. The second-order valence-corrected chi connectivity index (χ2v) is 9.65. The average molecular weight is 360 g/mol. The third-order valence-electron chi connectivity index (χ3n) is 8.42. The Bertz CT molecular complexity index is 740. The summed E-state index contributed by atoms with van der Waals surface area (Å²) < 4.78 is 16.8. The molecule has 4 aliphatic rings. The van der Waals surface area contributed by atoms with E-state index in [1.54, 1.807) is 19.1 Å². The molecule has 1 N–H and O–H groups in total. The first-order valence-electron chi connectivity index (χ1n) is 9.87. The number of hydrogen-bond acceptors (Lipinski definition) is 3. The van der Waals surface area contributed by atoms with E-state index in [1.165, 1.54) is 6.08 Å². The predicted molar refractivity (Wildman–Crippen MR) is 97.1 cm³/mol. The number of alkyl halides is 1. The maximum atomic E-state index is 16.8. The highest BCUT2D eigenvalue weighted by atomic mass is 19.1. The topological polar surface area (TPSA) is 54.4 Å². The molecule has 0 aromatic carbocycles. The molecule has 4 rings (SSSR count). The Labute approximate surface area is 154 Å². The summed E-state index contributed by atoms with van der Waals surface area (Å²) in [6, 6.07) is 0. The zero-order chi connectivity index (χ0) is 19.1. The number of hydrogen-bond donors (Lipinski definition) is 1. The molecule has 0 aromatic rings. The highest BCUT2D eigenvalue weighted by Crippen LogP contribution is 2.69. The number of ketones is 2. The van der Waals surface area contributed by atoms with Crippen molar-refractivity contribution >= 4 is 11.6 Å². The molecule has 26 heavy (non-hydrogen) atoms. The summed E-state index contributed by atoms with van der Waals surface area (Å²) in [6.07, 6.45) is 6.02. The van der Waals surface area contributed by atoms with E-state index in [2.05, 4.69) is 13.8 Å². The number of carbonyl (C=O) groups is 2. The quantitative estimate of drug-likeness (QED) is 0.774. The third kappa shape index (κ3) is 1.97. The van der Waals surface area contributed by atoms with E-state index in [4.69, 9.17) is 0 Å². The molecular weight excluding hydrogens is 331 g/mol. The van der Waals surface area contributed by atoms with Crippen LogP contribution in [0.4, 0.5) is 4.39 Å². The first kappa shape index (κ1) is 18.1. The molecule has 0 spiro atoms. The van der Waals surface area contributed by atoms with Gasteiger partial charge in [-0.3, -0.25) is 9.59 Å². The SMILES string of the molecule is CC(=O)C1C(C)CC2C3CCC4=CC(=O)C=CC4(C)C3(F)C(O)CC21C. The molecule has 142 valence electrons. The molecule has 3 nitrogen and oxygen atoms in total. The fourth-order valence-corrected chi connectivity index (χ4v) is 7.44. The number of aliphatic hydroxyl groups excluding tert-OH is 1. The largest absolute Gasteiger partial charge is 0.390 e. The van der Waals surface area contributed by atoms with Crippen LogP contribution in [0.25, 0.3) is 0 Å². The first-order chi connectivity index (χ1) is 12.1. The normalized spacial score (nSPS) is 52.8. The van der Waals surface area contributed by atoms with Crippen molar-refractivity contribution in [2.24, 2.45) is 34.5 Å². The average Bonchev–Trinajstić information content (AvgIpc) is 2.80. The van der Waals surface area contributed by atoms with Crippen LogP contribution in [0, 0.1) is 34.5 Å². The van der Waals surface area contributed by atoms with Crippen LogP contribution < -0.4 is 0 Å². The van der Waals surface area contributed by atoms with Crippen LogP contribution in [-0.2, 0) is 9.59 Å². The Hall–Kier alpha value is -1.29. The van der Waals surface area contributed by atoms with Crippen molar-refractivity contribution in [2.75, 3.05) is 0 Å². The van der Waals surface area contributed by atoms with Crippen molar-refractivity contribution in [3.63, 3.8) is 0 Å². The van der Waals surface area contributed by atoms with Crippen LogP contribution >= 0.6 is 0 Å². The Balaban J connectivity index is 1.82. The van der Waals surface area contributed by atoms with Crippen LogP contribution in [0.3, 0.4) is 0 Å². The summed E-state index contributed by atoms with van der Waals surface area (Å²) in [5.41, 5.74) is -2.27. The van der Waals surface area contributed by atoms with Gasteiger partial charge in [-0.25, -0.2) is 4.39 Å². The molecule has 3 saturated carbocycles. The monoisotopic (exact) mass is 360 g/mol. The number of aliphatic hydroxyl groups is 1. The van der Waals surface area contributed by atoms with Gasteiger partial charge >= 0.3 is 0 Å². The Morgan fingerprint density at radius 3 is 2.65 bits per heavy atom. The Morgan fingerprint density at radius 1 is 1.31 bits per heavy atom. The number of carbonyl (C=O) groups excluding carboxylic acids is 2. The summed E-state index contributed by atoms with van der Waals surface area (Å²) >= 11 is 0. The standard InChI is InChI=1S/C22H29FO3/c1-12-9-17-16-6-5-14-10-15(25)7-8-21(14,4)22(16,23)18(26)11-20(17,3)19(12)13(2)24/h7-8,10,12,16-19,26H,5-6,9,11H2,1-4H3. The molecule has 0 aromatic heterocycles. The molecule has 0 radical (unpaired) electrons. The zero-order valence-electron chi connectivity index (χ0n) is 16.1. The van der Waals surface area contributed by atoms with Gasteiger partial charge in [0.25, 0.3) is 0 Å². The number of halogens is 1. The molecule has 3 fully saturated rings. The molecule has 4 aliphatic carbocycles. The third-order valence-corrected chi connectivity index (χ3v) is 8.42. The molecule has 8 unspecified atom stereocenters. The van der Waals surface area contributed by atoms with Crippen molar-refractivity contribution in [1.82, 2.24) is 0 Å². The summed E-state index contributed by atoms with van der Waals surface area (Å²) in [6.45, 7) is 7.65. The summed E-state index contributed by atoms with van der Waals surface area (Å²) in [5, 5.41) is 11.1. The molecular formula is C22H29FO3. The fourth-order valence-electron chi connectivity index (χ4n) is 7.44. The maximum Gasteiger partial charge on any atom is 0.178 e. The maximum absolute atomic E-state index is 16.8. The van der Waals surface area contributed by atoms with Gasteiger partial charge in [0, 0.05) is 17.3 Å². The minimum atomic E-state index is -1.79. The van der Waals surface area contributed by atoms with Crippen molar-refractivity contribution in [3.8, 4) is 0 Å². The molecule has 0 heterocycles. The van der Waals surface area contributed by atoms with E-state index in [0.717, 1.165) is 12.0 Å². The van der Waals surface area contributed by atoms with Gasteiger partial charge in [-0.15, -0.1) is 0 Å². The number of Topliss-reactive ketones (excluding diaryl/α,β-unsaturated/α-hetero) is 1. The van der Waals surface area contributed by atoms with Crippen LogP contribution in [0.2, 0.25) is 0 Å². The lowest BCUT2D eigenvalue weighted by Crippen LogP contribution is -2.66. The molecule has 0 saturated heterocycles. The predicted octanol–water partition coefficient (Wildman–Crippen LogP) is 3.81. The van der Waals surface area contributed by atoms with E-state index in [-0.39, 0.29) is 40.7 Å². The van der Waals surface area contributed by atoms with Crippen molar-refractivity contribution in [3.05, 3.63) is 23.8 Å². The summed E-state index contributed by atoms with van der Waals surface area (Å²) in [4.78, 5) is 24.2. The second kappa shape index (κ2) is 5.37. The minimum absolute atomic E-state index is 0.0872. The molecule has 8 atom stereocenters. The van der Waals surface area contributed by atoms with Crippen LogP contribution in [0.5, 0.6) is 0 Å². The van der Waals surface area contributed by atoms with Crippen molar-refractivity contribution < 1.29 is 19.1 Å². The van der Waals surface area contributed by atoms with Gasteiger partial charge < -0.3 is 5.11 Å². The van der Waals surface area contributed by atoms with E-state index in [1.807, 2.05) is 6.92 Å². The highest BCUT2D eigenvalue weighted by Gasteiger charge is 2.71. The lowest BCUT2D eigenvalue weighted by atomic mass is 9.45. The highest BCUT2D eigenvalue weighted by molar-refractivity contribution is 6.01. The molecule has 4 heteroatoms. The Kier molecular flexibility index (Phi) is 3.74. The van der Waals surface area contributed by atoms with E-state index >= 15 is 4.39 Å². The lowest BCUT2D eigenvalue weighted by molar-refractivity contribution is -0.195. The molecule has 0 aliphatic heterocycles. The van der Waals surface area contributed by atoms with Gasteiger partial charge in [0.05, 0.1) is 6.10 Å². The van der Waals surface area contributed by atoms with Gasteiger partial charge in [0.1, 0.15) is 5.78 Å². The van der Waals surface area contributed by atoms with Crippen LogP contribution in [-0.4, -0.2) is 28.4 Å². The van der Waals surface area contributed by atoms with Crippen LogP contribution in [0.15, 0.2) is 23.8 Å². The van der Waals surface area contributed by atoms with E-state index < -0.39 is 17.2 Å². The van der Waals surface area contributed by atoms with Crippen molar-refractivity contribution in [1.29, 1.82) is 0 Å². The van der Waals surface area contributed by atoms with Crippen molar-refractivity contribution in [2.45, 2.75) is 65.2 Å². The fraction of sp³-hybridized carbons (Fsp3) is 0.727. The van der Waals surface area contributed by atoms with E-state index in [0.29, 0.717) is 19.3 Å². The van der Waals surface area contributed by atoms with E-state index in [9.17, 15) is 14.7 Å². The number of fused-ring (bicyclic) bond motifs is 5. The minimum Gasteiger partial charge on any atom is -0.390 e. The van der Waals surface area contributed by atoms with Gasteiger partial charge in [-0.1, -0.05) is 25.5 Å². The lowest BCUT2D eigenvalue weighted by Gasteiger charge is -2.61. The zero-order valence-corrected chi connectivity index (χ0v) is 16.1. The second-order valence-electron chi connectivity index (χ2n) is 9.65. The van der Waals surface area contributed by atoms with Gasteiger partial charge in [-0.2, -0.15) is 0 Å². The summed E-state index contributed by atoms with van der Waals surface area (Å²) in [7, 11) is 0. The number of allylic oxidation sites excluding steroid dienone is 4. The Morgan fingerprint density at radius 2 is 2.00 bits per heavy atom. The summed E-state index contributed by atoms with van der Waals surface area (Å²) in [5.74, 6) is -0.0370. The van der Waals surface area contributed by atoms with Crippen LogP contribution in [0.1, 0.15) is 53.4 Å². The van der Waals surface area contributed by atoms with Gasteiger partial charge in [-0.05, 0) is 68.9 Å². The van der Waals surface area contributed by atoms with Gasteiger partial charge in [0.2, 0.25) is 0 Å². The van der Waals surface area contributed by atoms with Gasteiger partial charge in [0.15, 0.2) is 11.5 Å². The smallest absolute Gasteiger partial charge is 0.178 e. The molecule has 0 amide bonds. The molecule has 0 bridgehead atoms.